The van der Waals surface area contributed by atoms with Crippen LogP contribution in [0, 0.1) is 0 Å². The maximum Gasteiger partial charge on any atom is 0.737 e. The number of rotatable bonds is 32. The predicted octanol–water partition coefficient (Wildman–Crippen LogP) is 8.15. The topological polar surface area (TPSA) is 186 Å². The SMILES string of the molecule is O=C(CCCCCNC(=O)COc1ccc(C=Cc2ccc3n2[B-](F)(F)[N+]2=C(c4cccs4)C=CC2=C3)cc1)NCCNC(=O)C(CCCc1ccccc1)OCCCCCCNCC(O)c1ccc(O)c(CO)c1. The van der Waals surface area contributed by atoms with E-state index in [9.17, 15) is 29.7 Å². The molecule has 3 amide bonds. The molecule has 0 radical (unpaired) electrons. The number of carbonyl (C=O) groups is 3. The number of thiophene rings is 1. The highest BCUT2D eigenvalue weighted by atomic mass is 32.1. The number of phenols is 1. The van der Waals surface area contributed by atoms with E-state index in [0.717, 1.165) is 70.9 Å². The smallest absolute Gasteiger partial charge is 0.508 e. The second-order valence-electron chi connectivity index (χ2n) is 18.7. The van der Waals surface area contributed by atoms with Gasteiger partial charge in [0.05, 0.1) is 17.6 Å². The lowest BCUT2D eigenvalue weighted by molar-refractivity contribution is -0.360. The Morgan fingerprint density at radius 2 is 1.56 bits per heavy atom. The number of halogens is 2. The Balaban J connectivity index is 0.719. The molecule has 2 aromatic heterocycles. The van der Waals surface area contributed by atoms with Crippen molar-refractivity contribution in [3.05, 3.63) is 159 Å². The third-order valence-electron chi connectivity index (χ3n) is 13.1. The number of aromatic nitrogens is 1. The summed E-state index contributed by atoms with van der Waals surface area (Å²) in [4.78, 5) is 39.0. The first-order chi connectivity index (χ1) is 36.5. The number of aliphatic hydroxyl groups excluding tert-OH is 2. The number of nitrogens with one attached hydrogen (secondary N) is 4. The summed E-state index contributed by atoms with van der Waals surface area (Å²) in [7, 11) is 0. The Labute approximate surface area is 441 Å². The van der Waals surface area contributed by atoms with Gasteiger partial charge in [0.1, 0.15) is 17.6 Å². The van der Waals surface area contributed by atoms with E-state index < -0.39 is 19.2 Å². The largest absolute Gasteiger partial charge is 0.737 e. The Hall–Kier alpha value is -6.70. The zero-order chi connectivity index (χ0) is 52.8. The van der Waals surface area contributed by atoms with Crippen molar-refractivity contribution >= 4 is 60.0 Å². The van der Waals surface area contributed by atoms with Crippen LogP contribution >= 0.6 is 11.3 Å². The van der Waals surface area contributed by atoms with E-state index in [1.807, 2.05) is 35.7 Å². The first kappa shape index (κ1) is 56.0. The van der Waals surface area contributed by atoms with E-state index in [1.165, 1.54) is 23.0 Å². The lowest BCUT2D eigenvalue weighted by Gasteiger charge is -2.30. The molecular formula is C57H69BF2N6O8S. The van der Waals surface area contributed by atoms with E-state index in [0.29, 0.717) is 91.6 Å². The van der Waals surface area contributed by atoms with Gasteiger partial charge in [-0.1, -0.05) is 79.9 Å². The lowest BCUT2D eigenvalue weighted by Crippen LogP contribution is -2.50. The van der Waals surface area contributed by atoms with Crippen molar-refractivity contribution in [3.8, 4) is 11.5 Å². The number of aromatic hydroxyl groups is 1. The van der Waals surface area contributed by atoms with Crippen molar-refractivity contribution in [3.63, 3.8) is 0 Å². The second kappa shape index (κ2) is 28.8. The van der Waals surface area contributed by atoms with E-state index in [1.54, 1.807) is 78.9 Å². The quantitative estimate of drug-likeness (QED) is 0.0165. The highest BCUT2D eigenvalue weighted by Crippen LogP contribution is 2.35. The summed E-state index contributed by atoms with van der Waals surface area (Å²) in [6.07, 6.45) is 15.5. The molecule has 2 atom stereocenters. The van der Waals surface area contributed by atoms with E-state index >= 15 is 8.63 Å². The van der Waals surface area contributed by atoms with Crippen LogP contribution in [0.5, 0.6) is 11.5 Å². The van der Waals surface area contributed by atoms with Gasteiger partial charge in [-0.15, -0.1) is 11.3 Å². The molecule has 0 spiro atoms. The summed E-state index contributed by atoms with van der Waals surface area (Å²) in [6, 6.07) is 29.0. The van der Waals surface area contributed by atoms with Gasteiger partial charge in [0.25, 0.3) is 5.91 Å². The Morgan fingerprint density at radius 1 is 0.787 bits per heavy atom. The molecule has 4 heterocycles. The van der Waals surface area contributed by atoms with E-state index in [4.69, 9.17) is 9.47 Å². The van der Waals surface area contributed by atoms with Crippen molar-refractivity contribution in [1.29, 1.82) is 0 Å². The number of amides is 3. The highest BCUT2D eigenvalue weighted by Gasteiger charge is 2.52. The molecule has 2 unspecified atom stereocenters. The average molecular weight is 1050 g/mol. The van der Waals surface area contributed by atoms with Gasteiger partial charge in [-0.3, -0.25) is 14.4 Å². The van der Waals surface area contributed by atoms with Crippen LogP contribution in [0.2, 0.25) is 0 Å². The predicted molar refractivity (Wildman–Crippen MR) is 291 cm³/mol. The summed E-state index contributed by atoms with van der Waals surface area (Å²) < 4.78 is 46.3. The second-order valence-corrected chi connectivity index (χ2v) is 19.6. The van der Waals surface area contributed by atoms with Gasteiger partial charge < -0.3 is 63.7 Å². The molecule has 0 bridgehead atoms. The summed E-state index contributed by atoms with van der Waals surface area (Å²) in [5.74, 6) is -0.0726. The van der Waals surface area contributed by atoms with Crippen molar-refractivity contribution in [2.24, 2.45) is 0 Å². The fourth-order valence-corrected chi connectivity index (χ4v) is 9.78. The van der Waals surface area contributed by atoms with Crippen molar-refractivity contribution < 1.29 is 52.3 Å². The molecule has 0 fully saturated rings. The van der Waals surface area contributed by atoms with Crippen molar-refractivity contribution in [2.45, 2.75) is 89.4 Å². The van der Waals surface area contributed by atoms with Crippen LogP contribution in [0.3, 0.4) is 0 Å². The number of carbonyl (C=O) groups excluding carboxylic acids is 3. The van der Waals surface area contributed by atoms with Crippen LogP contribution in [0.15, 0.2) is 120 Å². The van der Waals surface area contributed by atoms with Gasteiger partial charge in [-0.2, -0.15) is 0 Å². The zero-order valence-corrected chi connectivity index (χ0v) is 43.1. The molecule has 0 saturated carbocycles. The summed E-state index contributed by atoms with van der Waals surface area (Å²) in [5, 5.41) is 43.4. The number of hydrogen-bond donors (Lipinski definition) is 7. The number of fused-ring (bicyclic) bond motifs is 2. The third kappa shape index (κ3) is 16.6. The minimum Gasteiger partial charge on any atom is -0.508 e. The number of nitrogens with zero attached hydrogens (tertiary/aromatic N) is 2. The minimum atomic E-state index is -4.14. The van der Waals surface area contributed by atoms with Crippen LogP contribution in [0.25, 0.3) is 18.2 Å². The molecular weight excluding hydrogens is 978 g/mol. The standard InChI is InChI=1S/C57H69BF2N6O8S/c59-58(60)65-46(24-25-47(65)38-48-26-29-50(66(48)58)54-17-12-36-75-54)23-19-43-20-27-49(28-21-43)74-41-56(71)62-32-9-4-7-18-55(70)63-33-34-64-57(72)53(16-11-15-42-13-5-3-6-14-42)73-35-10-2-1-8-31-61-39-52(69)44-22-30-51(68)45(37-44)40-67/h3,5-6,12-14,17,19-30,36-38,52-53,61,67-69H,1-2,4,7-11,15-16,18,31-35,39-41H2,(H,62,71)(H,63,70)(H,64,72). The summed E-state index contributed by atoms with van der Waals surface area (Å²) in [6.45, 7) is -2.05. The number of aliphatic hydroxyl groups is 2. The van der Waals surface area contributed by atoms with Gasteiger partial charge in [0.15, 0.2) is 18.0 Å². The van der Waals surface area contributed by atoms with Crippen molar-refractivity contribution in [1.82, 2.24) is 25.7 Å². The number of unbranched alkanes of at least 4 members (excludes halogenated alkanes) is 5. The summed E-state index contributed by atoms with van der Waals surface area (Å²) >= 11 is 1.43. The van der Waals surface area contributed by atoms with E-state index in [-0.39, 0.29) is 43.2 Å². The van der Waals surface area contributed by atoms with Crippen LogP contribution in [0.4, 0.5) is 8.63 Å². The molecule has 3 aromatic carbocycles. The van der Waals surface area contributed by atoms with Gasteiger partial charge >= 0.3 is 6.97 Å². The van der Waals surface area contributed by atoms with Gasteiger partial charge in [-0.25, -0.2) is 0 Å². The Morgan fingerprint density at radius 3 is 2.36 bits per heavy atom. The third-order valence-corrected chi connectivity index (χ3v) is 14.0. The fourth-order valence-electron chi connectivity index (χ4n) is 9.03. The average Bonchev–Trinajstić information content (AvgIpc) is 4.22. The molecule has 75 heavy (non-hydrogen) atoms. The molecule has 7 rings (SSSR count). The first-order valence-corrected chi connectivity index (χ1v) is 26.9. The molecule has 0 saturated heterocycles. The molecule has 2 aliphatic heterocycles. The monoisotopic (exact) mass is 1050 g/mol. The van der Waals surface area contributed by atoms with Gasteiger partial charge in [0, 0.05) is 74.4 Å². The molecule has 7 N–H and O–H groups in total. The first-order valence-electron chi connectivity index (χ1n) is 26.0. The Bertz CT molecular complexity index is 2770. The number of aryl methyl sites for hydroxylation is 1. The van der Waals surface area contributed by atoms with Gasteiger partial charge in [0.2, 0.25) is 11.8 Å². The van der Waals surface area contributed by atoms with Crippen LogP contribution in [-0.4, -0.2) is 107 Å². The normalized spacial score (nSPS) is 14.3. The molecule has 18 heteroatoms. The fraction of sp³-hybridized carbons (Fsp3) is 0.368. The zero-order valence-electron chi connectivity index (χ0n) is 42.3. The molecule has 2 aliphatic rings. The molecule has 0 aliphatic carbocycles. The van der Waals surface area contributed by atoms with Crippen LogP contribution < -0.4 is 26.0 Å². The lowest BCUT2D eigenvalue weighted by atomic mass is 9.90. The highest BCUT2D eigenvalue weighted by molar-refractivity contribution is 7.12. The summed E-state index contributed by atoms with van der Waals surface area (Å²) in [5.41, 5.74) is 4.77. The van der Waals surface area contributed by atoms with Crippen LogP contribution in [-0.2, 0) is 32.1 Å². The molecule has 14 nitrogen and oxygen atoms in total. The van der Waals surface area contributed by atoms with Crippen LogP contribution in [0.1, 0.15) is 109 Å². The maximum absolute atomic E-state index is 16.2. The number of ether oxygens (including phenoxy) is 2. The van der Waals surface area contributed by atoms with Gasteiger partial charge in [-0.05, 0) is 122 Å². The number of benzene rings is 3. The number of hydrogen-bond acceptors (Lipinski definition) is 10. The molecule has 398 valence electrons. The van der Waals surface area contributed by atoms with Crippen molar-refractivity contribution in [2.75, 3.05) is 45.9 Å². The molecule has 5 aromatic rings. The Kier molecular flexibility index (Phi) is 21.5. The van der Waals surface area contributed by atoms with E-state index in [2.05, 4.69) is 33.4 Å². The minimum absolute atomic E-state index is 0.00136. The number of allylic oxidation sites excluding steroid dienone is 2. The maximum atomic E-state index is 16.2.